The fourth-order valence-corrected chi connectivity index (χ4v) is 3.21. The minimum atomic E-state index is -4.30. The minimum absolute atomic E-state index is 0.0473. The van der Waals surface area contributed by atoms with E-state index in [1.807, 2.05) is 0 Å². The van der Waals surface area contributed by atoms with Gasteiger partial charge >= 0.3 is 6.18 Å². The molecule has 2 aliphatic heterocycles. The first kappa shape index (κ1) is 17.2. The summed E-state index contributed by atoms with van der Waals surface area (Å²) in [5.41, 5.74) is 0.218. The predicted octanol–water partition coefficient (Wildman–Crippen LogP) is 2.43. The number of hydrogen-bond acceptors (Lipinski definition) is 3. The maximum Gasteiger partial charge on any atom is 0.416 e. The summed E-state index contributed by atoms with van der Waals surface area (Å²) < 4.78 is 42.9. The molecule has 0 saturated carbocycles. The molecule has 132 valence electrons. The minimum Gasteiger partial charge on any atom is -0.381 e. The highest BCUT2D eigenvalue weighted by Crippen LogP contribution is 2.29. The number of amides is 1. The molecule has 1 amide bonds. The zero-order valence-corrected chi connectivity index (χ0v) is 13.3. The predicted molar refractivity (Wildman–Crippen MR) is 82.2 cm³/mol. The molecule has 2 atom stereocenters. The molecule has 2 unspecified atom stereocenters. The van der Waals surface area contributed by atoms with E-state index < -0.39 is 11.7 Å². The summed E-state index contributed by atoms with van der Waals surface area (Å²) in [6.45, 7) is 3.28. The van der Waals surface area contributed by atoms with Gasteiger partial charge in [-0.2, -0.15) is 13.2 Å². The number of nitrogens with one attached hydrogen (secondary N) is 1. The van der Waals surface area contributed by atoms with Crippen LogP contribution < -0.4 is 5.32 Å². The number of ether oxygens (including phenoxy) is 1. The van der Waals surface area contributed by atoms with Gasteiger partial charge in [0, 0.05) is 32.3 Å². The molecule has 3 rings (SSSR count). The van der Waals surface area contributed by atoms with Crippen LogP contribution in [0.15, 0.2) is 24.3 Å². The van der Waals surface area contributed by atoms with Crippen LogP contribution in [0.4, 0.5) is 13.2 Å². The largest absolute Gasteiger partial charge is 0.416 e. The van der Waals surface area contributed by atoms with Gasteiger partial charge in [0.1, 0.15) is 0 Å². The van der Waals surface area contributed by atoms with Crippen LogP contribution in [0.5, 0.6) is 0 Å². The molecule has 7 heteroatoms. The van der Waals surface area contributed by atoms with E-state index in [9.17, 15) is 18.0 Å². The third-order valence-electron chi connectivity index (χ3n) is 4.61. The molecule has 0 bridgehead atoms. The van der Waals surface area contributed by atoms with Gasteiger partial charge in [-0.3, -0.25) is 9.69 Å². The average Bonchev–Trinajstić information content (AvgIpc) is 3.19. The van der Waals surface area contributed by atoms with E-state index in [1.165, 1.54) is 12.1 Å². The average molecular weight is 342 g/mol. The van der Waals surface area contributed by atoms with Crippen LogP contribution in [0, 0.1) is 5.92 Å². The molecule has 2 heterocycles. The molecule has 0 aromatic heterocycles. The quantitative estimate of drug-likeness (QED) is 0.914. The number of nitrogens with zero attached hydrogens (tertiary/aromatic N) is 1. The maximum absolute atomic E-state index is 12.6. The van der Waals surface area contributed by atoms with E-state index in [1.54, 1.807) is 0 Å². The summed E-state index contributed by atoms with van der Waals surface area (Å²) in [6.07, 6.45) is -2.67. The Kier molecular flexibility index (Phi) is 5.10. The highest BCUT2D eigenvalue weighted by Gasteiger charge is 2.31. The smallest absolute Gasteiger partial charge is 0.381 e. The van der Waals surface area contributed by atoms with Crippen LogP contribution in [-0.2, 0) is 22.3 Å². The lowest BCUT2D eigenvalue weighted by molar-refractivity contribution is -0.137. The fourth-order valence-electron chi connectivity index (χ4n) is 3.21. The fraction of sp³-hybridized carbons (Fsp3) is 0.588. The van der Waals surface area contributed by atoms with E-state index in [-0.39, 0.29) is 17.9 Å². The number of hydrogen-bond donors (Lipinski definition) is 1. The second-order valence-electron chi connectivity index (χ2n) is 6.48. The third kappa shape index (κ3) is 4.27. The Morgan fingerprint density at radius 2 is 2.00 bits per heavy atom. The SMILES string of the molecule is O=C(NC1CCN(Cc2ccc(C(F)(F)F)cc2)C1)C1CCOC1. The molecule has 4 nitrogen and oxygen atoms in total. The summed E-state index contributed by atoms with van der Waals surface area (Å²) in [5, 5.41) is 3.06. The Morgan fingerprint density at radius 1 is 1.25 bits per heavy atom. The summed E-state index contributed by atoms with van der Waals surface area (Å²) >= 11 is 0. The standard InChI is InChI=1S/C17H21F3N2O2/c18-17(19,20)14-3-1-12(2-4-14)9-22-7-5-15(10-22)21-16(23)13-6-8-24-11-13/h1-4,13,15H,5-11H2,(H,21,23). The lowest BCUT2D eigenvalue weighted by atomic mass is 10.1. The first-order valence-corrected chi connectivity index (χ1v) is 8.18. The molecule has 0 aliphatic carbocycles. The zero-order valence-electron chi connectivity index (χ0n) is 13.3. The van der Waals surface area contributed by atoms with Crippen molar-refractivity contribution < 1.29 is 22.7 Å². The van der Waals surface area contributed by atoms with E-state index >= 15 is 0 Å². The van der Waals surface area contributed by atoms with Gasteiger partial charge in [-0.05, 0) is 30.5 Å². The van der Waals surface area contributed by atoms with E-state index in [4.69, 9.17) is 4.74 Å². The van der Waals surface area contributed by atoms with Gasteiger partial charge in [-0.1, -0.05) is 12.1 Å². The zero-order chi connectivity index (χ0) is 17.2. The van der Waals surface area contributed by atoms with Crippen molar-refractivity contribution in [2.75, 3.05) is 26.3 Å². The number of carbonyl (C=O) groups is 1. The van der Waals surface area contributed by atoms with Gasteiger partial charge in [0.2, 0.25) is 5.91 Å². The molecular weight excluding hydrogens is 321 g/mol. The van der Waals surface area contributed by atoms with E-state index in [0.29, 0.717) is 19.8 Å². The third-order valence-corrected chi connectivity index (χ3v) is 4.61. The maximum atomic E-state index is 12.6. The van der Waals surface area contributed by atoms with Crippen LogP contribution in [0.25, 0.3) is 0 Å². The first-order chi connectivity index (χ1) is 11.4. The van der Waals surface area contributed by atoms with Gasteiger partial charge < -0.3 is 10.1 Å². The highest BCUT2D eigenvalue weighted by molar-refractivity contribution is 5.79. The summed E-state index contributed by atoms with van der Waals surface area (Å²) in [6, 6.07) is 5.37. The summed E-state index contributed by atoms with van der Waals surface area (Å²) in [7, 11) is 0. The van der Waals surface area contributed by atoms with Crippen LogP contribution in [-0.4, -0.2) is 43.2 Å². The lowest BCUT2D eigenvalue weighted by Gasteiger charge is -2.18. The Labute approximate surface area is 139 Å². The molecule has 24 heavy (non-hydrogen) atoms. The topological polar surface area (TPSA) is 41.6 Å². The van der Waals surface area contributed by atoms with E-state index in [2.05, 4.69) is 10.2 Å². The van der Waals surface area contributed by atoms with Crippen molar-refractivity contribution in [3.8, 4) is 0 Å². The number of alkyl halides is 3. The van der Waals surface area contributed by atoms with Gasteiger partial charge in [0.15, 0.2) is 0 Å². The van der Waals surface area contributed by atoms with Crippen LogP contribution in [0.3, 0.4) is 0 Å². The number of rotatable bonds is 4. The molecule has 0 radical (unpaired) electrons. The lowest BCUT2D eigenvalue weighted by Crippen LogP contribution is -2.40. The highest BCUT2D eigenvalue weighted by atomic mass is 19.4. The number of benzene rings is 1. The molecule has 2 fully saturated rings. The molecule has 1 N–H and O–H groups in total. The molecular formula is C17H21F3N2O2. The number of halogens is 3. The molecule has 1 aromatic carbocycles. The number of carbonyl (C=O) groups excluding carboxylic acids is 1. The van der Waals surface area contributed by atoms with Crippen molar-refractivity contribution in [2.45, 2.75) is 31.6 Å². The monoisotopic (exact) mass is 342 g/mol. The molecule has 0 spiro atoms. The Bertz CT molecular complexity index is 568. The summed E-state index contributed by atoms with van der Waals surface area (Å²) in [5.74, 6) is 0.00263. The Morgan fingerprint density at radius 3 is 2.62 bits per heavy atom. The normalized spacial score (nSPS) is 25.1. The Balaban J connectivity index is 1.48. The van der Waals surface area contributed by atoms with Crippen molar-refractivity contribution in [1.82, 2.24) is 10.2 Å². The second kappa shape index (κ2) is 7.11. The second-order valence-corrected chi connectivity index (χ2v) is 6.48. The molecule has 2 saturated heterocycles. The van der Waals surface area contributed by atoms with Gasteiger partial charge in [-0.15, -0.1) is 0 Å². The van der Waals surface area contributed by atoms with Crippen LogP contribution in [0.1, 0.15) is 24.0 Å². The number of likely N-dealkylation sites (tertiary alicyclic amines) is 1. The molecule has 1 aromatic rings. The molecule has 2 aliphatic rings. The van der Waals surface area contributed by atoms with Crippen LogP contribution >= 0.6 is 0 Å². The van der Waals surface area contributed by atoms with Crippen molar-refractivity contribution in [2.24, 2.45) is 5.92 Å². The van der Waals surface area contributed by atoms with Crippen molar-refractivity contribution in [1.29, 1.82) is 0 Å². The van der Waals surface area contributed by atoms with Gasteiger partial charge in [0.05, 0.1) is 18.1 Å². The first-order valence-electron chi connectivity index (χ1n) is 8.18. The van der Waals surface area contributed by atoms with Gasteiger partial charge in [0.25, 0.3) is 0 Å². The van der Waals surface area contributed by atoms with Crippen molar-refractivity contribution >= 4 is 5.91 Å². The van der Waals surface area contributed by atoms with Crippen molar-refractivity contribution in [3.05, 3.63) is 35.4 Å². The van der Waals surface area contributed by atoms with Crippen LogP contribution in [0.2, 0.25) is 0 Å². The Hall–Kier alpha value is -1.60. The van der Waals surface area contributed by atoms with E-state index in [0.717, 1.165) is 43.6 Å². The summed E-state index contributed by atoms with van der Waals surface area (Å²) in [4.78, 5) is 14.2. The van der Waals surface area contributed by atoms with Gasteiger partial charge in [-0.25, -0.2) is 0 Å². The van der Waals surface area contributed by atoms with Crippen molar-refractivity contribution in [3.63, 3.8) is 0 Å².